The van der Waals surface area contributed by atoms with E-state index in [-0.39, 0.29) is 29.8 Å². The summed E-state index contributed by atoms with van der Waals surface area (Å²) in [5, 5.41) is 4.21. The number of nitrogens with zero attached hydrogens (tertiary/aromatic N) is 2. The maximum absolute atomic E-state index is 14.6. The zero-order valence-electron chi connectivity index (χ0n) is 25.9. The van der Waals surface area contributed by atoms with E-state index in [2.05, 4.69) is 5.32 Å². The van der Waals surface area contributed by atoms with Gasteiger partial charge in [-0.2, -0.15) is 0 Å². The van der Waals surface area contributed by atoms with Crippen molar-refractivity contribution in [1.82, 2.24) is 10.2 Å². The number of hydrogen-bond donors (Lipinski definition) is 1. The first-order chi connectivity index (χ1) is 22.5. The molecule has 1 atom stereocenters. The lowest BCUT2D eigenvalue weighted by Gasteiger charge is -2.34. The third kappa shape index (κ3) is 8.87. The number of sulfonamides is 1. The van der Waals surface area contributed by atoms with Crippen LogP contribution in [0.2, 0.25) is 15.1 Å². The molecule has 0 radical (unpaired) electrons. The second-order valence-corrected chi connectivity index (χ2v) is 14.9. The molecule has 7 nitrogen and oxygen atoms in total. The van der Waals surface area contributed by atoms with E-state index in [4.69, 9.17) is 34.8 Å². The number of anilines is 1. The van der Waals surface area contributed by atoms with Crippen molar-refractivity contribution < 1.29 is 18.0 Å². The number of nitrogens with one attached hydrogen (secondary N) is 1. The van der Waals surface area contributed by atoms with Gasteiger partial charge in [0.05, 0.1) is 20.6 Å². The summed E-state index contributed by atoms with van der Waals surface area (Å²) >= 11 is 18.6. The Labute approximate surface area is 291 Å². The summed E-state index contributed by atoms with van der Waals surface area (Å²) in [6, 6.07) is 26.2. The second-order valence-electron chi connectivity index (χ2n) is 11.8. The maximum atomic E-state index is 14.6. The first-order valence-electron chi connectivity index (χ1n) is 15.4. The minimum absolute atomic E-state index is 0.00591. The molecule has 1 N–H and O–H groups in total. The van der Waals surface area contributed by atoms with Crippen LogP contribution >= 0.6 is 34.8 Å². The lowest BCUT2D eigenvalue weighted by Crippen LogP contribution is -2.54. The van der Waals surface area contributed by atoms with Crippen molar-refractivity contribution in [1.29, 1.82) is 0 Å². The minimum Gasteiger partial charge on any atom is -0.352 e. The topological polar surface area (TPSA) is 86.8 Å². The third-order valence-corrected chi connectivity index (χ3v) is 11.1. The highest BCUT2D eigenvalue weighted by molar-refractivity contribution is 7.92. The Bertz CT molecular complexity index is 1800. The van der Waals surface area contributed by atoms with Crippen molar-refractivity contribution in [2.75, 3.05) is 10.8 Å². The molecule has 4 aromatic carbocycles. The van der Waals surface area contributed by atoms with Crippen LogP contribution < -0.4 is 9.62 Å². The molecule has 1 saturated carbocycles. The van der Waals surface area contributed by atoms with E-state index >= 15 is 0 Å². The van der Waals surface area contributed by atoms with E-state index in [1.54, 1.807) is 42.5 Å². The average molecular weight is 713 g/mol. The van der Waals surface area contributed by atoms with Crippen LogP contribution in [0.3, 0.4) is 0 Å². The highest BCUT2D eigenvalue weighted by atomic mass is 35.5. The first kappa shape index (κ1) is 34.8. The average Bonchev–Trinajstić information content (AvgIpc) is 3.57. The van der Waals surface area contributed by atoms with E-state index in [1.165, 1.54) is 29.2 Å². The molecule has 0 aromatic heterocycles. The van der Waals surface area contributed by atoms with Crippen molar-refractivity contribution in [2.45, 2.75) is 62.6 Å². The van der Waals surface area contributed by atoms with Gasteiger partial charge in [0.25, 0.3) is 10.0 Å². The number of rotatable bonds is 12. The van der Waals surface area contributed by atoms with Crippen LogP contribution in [0.15, 0.2) is 102 Å². The molecule has 1 aliphatic carbocycles. The highest BCUT2D eigenvalue weighted by Gasteiger charge is 2.35. The molecular weight excluding hydrogens is 677 g/mol. The predicted molar refractivity (Wildman–Crippen MR) is 189 cm³/mol. The Kier molecular flexibility index (Phi) is 11.5. The summed E-state index contributed by atoms with van der Waals surface area (Å²) in [5.74, 6) is -0.853. The molecule has 246 valence electrons. The van der Waals surface area contributed by atoms with Crippen LogP contribution in [-0.2, 0) is 32.6 Å². The van der Waals surface area contributed by atoms with E-state index in [1.807, 2.05) is 37.3 Å². The highest BCUT2D eigenvalue weighted by Crippen LogP contribution is 2.28. The first-order valence-corrected chi connectivity index (χ1v) is 18.0. The van der Waals surface area contributed by atoms with Gasteiger partial charge >= 0.3 is 0 Å². The molecule has 0 heterocycles. The monoisotopic (exact) mass is 711 g/mol. The molecule has 0 saturated heterocycles. The van der Waals surface area contributed by atoms with Gasteiger partial charge in [-0.1, -0.05) is 102 Å². The summed E-state index contributed by atoms with van der Waals surface area (Å²) in [6.45, 7) is 1.33. The van der Waals surface area contributed by atoms with Crippen LogP contribution in [0.5, 0.6) is 0 Å². The van der Waals surface area contributed by atoms with Gasteiger partial charge in [-0.05, 0) is 79.4 Å². The summed E-state index contributed by atoms with van der Waals surface area (Å²) < 4.78 is 29.4. The van der Waals surface area contributed by atoms with Crippen LogP contribution in [0.25, 0.3) is 0 Å². The molecule has 1 fully saturated rings. The van der Waals surface area contributed by atoms with Crippen molar-refractivity contribution in [3.63, 3.8) is 0 Å². The zero-order chi connectivity index (χ0) is 33.6. The Morgan fingerprint density at radius 3 is 2.13 bits per heavy atom. The molecule has 11 heteroatoms. The van der Waals surface area contributed by atoms with Gasteiger partial charge in [-0.15, -0.1) is 0 Å². The molecule has 0 unspecified atom stereocenters. The number of carbonyl (C=O) groups excluding carboxylic acids is 2. The van der Waals surface area contributed by atoms with E-state index < -0.39 is 28.5 Å². The fourth-order valence-corrected chi connectivity index (χ4v) is 7.59. The molecule has 0 bridgehead atoms. The molecule has 4 aromatic rings. The summed E-state index contributed by atoms with van der Waals surface area (Å²) in [6.07, 6.45) is 4.00. The lowest BCUT2D eigenvalue weighted by atomic mass is 10.0. The quantitative estimate of drug-likeness (QED) is 0.162. The van der Waals surface area contributed by atoms with Crippen molar-refractivity contribution in [3.8, 4) is 0 Å². The van der Waals surface area contributed by atoms with Crippen LogP contribution in [0.1, 0.15) is 42.4 Å². The molecular formula is C36H36Cl3N3O4S. The number of aryl methyl sites for hydroxylation is 1. The number of carbonyl (C=O) groups is 2. The normalized spacial score (nSPS) is 14.0. The van der Waals surface area contributed by atoms with Gasteiger partial charge in [0.1, 0.15) is 12.6 Å². The number of hydrogen-bond acceptors (Lipinski definition) is 4. The number of halogens is 3. The van der Waals surface area contributed by atoms with Gasteiger partial charge in [0, 0.05) is 24.0 Å². The summed E-state index contributed by atoms with van der Waals surface area (Å²) in [5.41, 5.74) is 2.73. The van der Waals surface area contributed by atoms with Crippen LogP contribution in [0.4, 0.5) is 5.69 Å². The maximum Gasteiger partial charge on any atom is 0.264 e. The molecule has 0 aliphatic heterocycles. The van der Waals surface area contributed by atoms with Crippen LogP contribution in [-0.4, -0.2) is 43.8 Å². The molecule has 5 rings (SSSR count). The van der Waals surface area contributed by atoms with Gasteiger partial charge in [-0.3, -0.25) is 13.9 Å². The standard InChI is InChI=1S/C36H36Cl3N3O4S/c1-25-11-16-30(17-12-25)42(47(45,46)31-18-14-28(37)15-19-31)24-35(43)41(23-27-13-20-32(38)33(39)21-27)34(22-26-7-3-2-4-8-26)36(44)40-29-9-5-6-10-29/h2-4,7-8,11-21,29,34H,5-6,9-10,22-24H2,1H3,(H,40,44)/t34-/m0/s1. The molecule has 2 amide bonds. The number of benzene rings is 4. The number of amides is 2. The smallest absolute Gasteiger partial charge is 0.264 e. The van der Waals surface area contributed by atoms with Gasteiger partial charge in [-0.25, -0.2) is 8.42 Å². The minimum atomic E-state index is -4.23. The van der Waals surface area contributed by atoms with E-state index in [9.17, 15) is 18.0 Å². The van der Waals surface area contributed by atoms with Crippen molar-refractivity contribution in [3.05, 3.63) is 129 Å². The molecule has 47 heavy (non-hydrogen) atoms. The van der Waals surface area contributed by atoms with Crippen molar-refractivity contribution >= 4 is 62.3 Å². The Hall–Kier alpha value is -3.56. The predicted octanol–water partition coefficient (Wildman–Crippen LogP) is 7.85. The Morgan fingerprint density at radius 1 is 0.830 bits per heavy atom. The van der Waals surface area contributed by atoms with Gasteiger partial charge in [0.15, 0.2) is 0 Å². The van der Waals surface area contributed by atoms with E-state index in [0.717, 1.165) is 41.1 Å². The fourth-order valence-electron chi connectivity index (χ4n) is 5.73. The van der Waals surface area contributed by atoms with E-state index in [0.29, 0.717) is 26.3 Å². The fraction of sp³-hybridized carbons (Fsp3) is 0.278. The van der Waals surface area contributed by atoms with Gasteiger partial charge in [0.2, 0.25) is 11.8 Å². The van der Waals surface area contributed by atoms with Crippen LogP contribution in [0, 0.1) is 6.92 Å². The Morgan fingerprint density at radius 2 is 1.49 bits per heavy atom. The Balaban J connectivity index is 1.57. The van der Waals surface area contributed by atoms with Crippen molar-refractivity contribution in [2.24, 2.45) is 0 Å². The largest absolute Gasteiger partial charge is 0.352 e. The SMILES string of the molecule is Cc1ccc(N(CC(=O)N(Cc2ccc(Cl)c(Cl)c2)[C@@H](Cc2ccccc2)C(=O)NC2CCCC2)S(=O)(=O)c2ccc(Cl)cc2)cc1. The lowest BCUT2D eigenvalue weighted by molar-refractivity contribution is -0.140. The summed E-state index contributed by atoms with van der Waals surface area (Å²) in [7, 11) is -4.23. The van der Waals surface area contributed by atoms with Gasteiger partial charge < -0.3 is 10.2 Å². The molecule has 0 spiro atoms. The zero-order valence-corrected chi connectivity index (χ0v) is 29.0. The summed E-state index contributed by atoms with van der Waals surface area (Å²) in [4.78, 5) is 30.2. The third-order valence-electron chi connectivity index (χ3n) is 8.31. The second kappa shape index (κ2) is 15.6. The molecule has 1 aliphatic rings.